The molecule has 0 aliphatic carbocycles. The van der Waals surface area contributed by atoms with Crippen molar-refractivity contribution in [2.45, 2.75) is 33.4 Å². The molecule has 0 saturated carbocycles. The molecule has 1 amide bonds. The molecular weight excluding hydrogens is 430 g/mol. The van der Waals surface area contributed by atoms with Crippen molar-refractivity contribution in [2.24, 2.45) is 5.92 Å². The Kier molecular flexibility index (Phi) is 6.72. The Morgan fingerprint density at radius 2 is 1.82 bits per heavy atom. The minimum Gasteiger partial charge on any atom is -0.507 e. The number of aromatic nitrogens is 2. The number of hydrogen-bond acceptors (Lipinski definition) is 6. The highest BCUT2D eigenvalue weighted by atomic mass is 16.5. The minimum atomic E-state index is -0.772. The van der Waals surface area contributed by atoms with E-state index in [0.29, 0.717) is 29.4 Å². The van der Waals surface area contributed by atoms with Crippen molar-refractivity contribution < 1.29 is 19.4 Å². The van der Waals surface area contributed by atoms with E-state index in [-0.39, 0.29) is 17.9 Å². The van der Waals surface area contributed by atoms with E-state index in [0.717, 1.165) is 11.1 Å². The van der Waals surface area contributed by atoms with E-state index in [1.807, 2.05) is 13.0 Å². The lowest BCUT2D eigenvalue weighted by Crippen LogP contribution is -2.29. The average Bonchev–Trinajstić information content (AvgIpc) is 3.09. The zero-order chi connectivity index (χ0) is 24.2. The number of rotatable bonds is 7. The van der Waals surface area contributed by atoms with Crippen molar-refractivity contribution in [3.8, 4) is 5.75 Å². The van der Waals surface area contributed by atoms with Crippen LogP contribution in [0.2, 0.25) is 0 Å². The minimum absolute atomic E-state index is 0.0390. The van der Waals surface area contributed by atoms with E-state index in [4.69, 9.17) is 4.74 Å². The van der Waals surface area contributed by atoms with E-state index in [1.54, 1.807) is 61.2 Å². The Bertz CT molecular complexity index is 1220. The summed E-state index contributed by atoms with van der Waals surface area (Å²) in [7, 11) is 0. The Balaban J connectivity index is 1.77. The van der Waals surface area contributed by atoms with Crippen LogP contribution in [0.1, 0.15) is 42.1 Å². The number of likely N-dealkylation sites (tertiary alicyclic amines) is 1. The van der Waals surface area contributed by atoms with Crippen LogP contribution in [0, 0.1) is 12.8 Å². The molecule has 7 nitrogen and oxygen atoms in total. The largest absolute Gasteiger partial charge is 0.507 e. The van der Waals surface area contributed by atoms with E-state index in [2.05, 4.69) is 23.8 Å². The zero-order valence-corrected chi connectivity index (χ0v) is 19.4. The molecule has 1 fully saturated rings. The SMILES string of the molecule is Cc1cc(/C(O)=C2\C(=O)C(=O)N(Cc3cccnc3)[C@H]2c2cccnc2)ccc1OCC(C)C. The second-order valence-corrected chi connectivity index (χ2v) is 8.76. The van der Waals surface area contributed by atoms with Crippen LogP contribution < -0.4 is 4.74 Å². The van der Waals surface area contributed by atoms with Crippen molar-refractivity contribution in [2.75, 3.05) is 6.61 Å². The van der Waals surface area contributed by atoms with Gasteiger partial charge in [0.05, 0.1) is 18.2 Å². The van der Waals surface area contributed by atoms with Crippen LogP contribution in [0.5, 0.6) is 5.75 Å². The van der Waals surface area contributed by atoms with Gasteiger partial charge in [-0.3, -0.25) is 19.6 Å². The van der Waals surface area contributed by atoms with Crippen LogP contribution in [-0.4, -0.2) is 38.3 Å². The molecule has 34 heavy (non-hydrogen) atoms. The van der Waals surface area contributed by atoms with Gasteiger partial charge in [-0.2, -0.15) is 0 Å². The normalized spacial score (nSPS) is 17.4. The fraction of sp³-hybridized carbons (Fsp3) is 0.259. The first-order valence-corrected chi connectivity index (χ1v) is 11.2. The van der Waals surface area contributed by atoms with Crippen LogP contribution in [0.4, 0.5) is 0 Å². The number of pyridine rings is 2. The molecule has 3 heterocycles. The van der Waals surface area contributed by atoms with Gasteiger partial charge in [0.15, 0.2) is 0 Å². The molecule has 0 spiro atoms. The Hall–Kier alpha value is -4.00. The maximum atomic E-state index is 13.2. The molecule has 1 aliphatic rings. The maximum Gasteiger partial charge on any atom is 0.295 e. The van der Waals surface area contributed by atoms with Gasteiger partial charge >= 0.3 is 0 Å². The summed E-state index contributed by atoms with van der Waals surface area (Å²) >= 11 is 0. The third-order valence-corrected chi connectivity index (χ3v) is 5.64. The maximum absolute atomic E-state index is 13.2. The fourth-order valence-corrected chi connectivity index (χ4v) is 3.99. The molecule has 4 rings (SSSR count). The number of Topliss-reactive ketones (excluding diaryl/α,β-unsaturated/α-hetero) is 1. The van der Waals surface area contributed by atoms with Crippen LogP contribution in [0.15, 0.2) is 72.8 Å². The number of amides is 1. The number of aliphatic hydroxyl groups is 1. The zero-order valence-electron chi connectivity index (χ0n) is 19.4. The molecular formula is C27H27N3O4. The number of carbonyl (C=O) groups excluding carboxylic acids is 2. The smallest absolute Gasteiger partial charge is 0.295 e. The number of carbonyl (C=O) groups is 2. The predicted molar refractivity (Wildman–Crippen MR) is 128 cm³/mol. The number of nitrogens with zero attached hydrogens (tertiary/aromatic N) is 3. The van der Waals surface area contributed by atoms with Gasteiger partial charge in [-0.1, -0.05) is 26.0 Å². The highest BCUT2D eigenvalue weighted by molar-refractivity contribution is 6.46. The lowest BCUT2D eigenvalue weighted by Gasteiger charge is -2.25. The van der Waals surface area contributed by atoms with Crippen molar-refractivity contribution in [3.05, 3.63) is 95.1 Å². The quantitative estimate of drug-likeness (QED) is 0.320. The monoisotopic (exact) mass is 457 g/mol. The van der Waals surface area contributed by atoms with Gasteiger partial charge in [-0.05, 0) is 59.9 Å². The van der Waals surface area contributed by atoms with Crippen LogP contribution in [0.3, 0.4) is 0 Å². The summed E-state index contributed by atoms with van der Waals surface area (Å²) < 4.78 is 5.83. The number of benzene rings is 1. The van der Waals surface area contributed by atoms with E-state index in [1.165, 1.54) is 4.90 Å². The number of ketones is 1. The first-order chi connectivity index (χ1) is 16.4. The molecule has 0 radical (unpaired) electrons. The number of aryl methyl sites for hydroxylation is 1. The summed E-state index contributed by atoms with van der Waals surface area (Å²) in [5.41, 5.74) is 2.73. The van der Waals surface area contributed by atoms with Crippen LogP contribution in [0.25, 0.3) is 5.76 Å². The number of hydrogen-bond donors (Lipinski definition) is 1. The van der Waals surface area contributed by atoms with Crippen molar-refractivity contribution in [1.82, 2.24) is 14.9 Å². The summed E-state index contributed by atoms with van der Waals surface area (Å²) in [6.45, 7) is 6.77. The first kappa shape index (κ1) is 23.2. The first-order valence-electron chi connectivity index (χ1n) is 11.2. The van der Waals surface area contributed by atoms with Crippen molar-refractivity contribution in [1.29, 1.82) is 0 Å². The second-order valence-electron chi connectivity index (χ2n) is 8.76. The van der Waals surface area contributed by atoms with E-state index >= 15 is 0 Å². The van der Waals surface area contributed by atoms with E-state index < -0.39 is 17.7 Å². The third-order valence-electron chi connectivity index (χ3n) is 5.64. The highest BCUT2D eigenvalue weighted by Gasteiger charge is 2.46. The van der Waals surface area contributed by atoms with Crippen LogP contribution >= 0.6 is 0 Å². The molecule has 3 aromatic rings. The summed E-state index contributed by atoms with van der Waals surface area (Å²) in [6, 6.07) is 11.6. The van der Waals surface area contributed by atoms with Gasteiger partial charge in [-0.25, -0.2) is 0 Å². The summed E-state index contributed by atoms with van der Waals surface area (Å²) in [5, 5.41) is 11.3. The molecule has 7 heteroatoms. The van der Waals surface area contributed by atoms with E-state index in [9.17, 15) is 14.7 Å². The van der Waals surface area contributed by atoms with Gasteiger partial charge in [0, 0.05) is 36.9 Å². The van der Waals surface area contributed by atoms with Gasteiger partial charge in [0.2, 0.25) is 0 Å². The van der Waals surface area contributed by atoms with Gasteiger partial charge in [0.25, 0.3) is 11.7 Å². The molecule has 0 unspecified atom stereocenters. The topological polar surface area (TPSA) is 92.6 Å². The van der Waals surface area contributed by atoms with Crippen LogP contribution in [-0.2, 0) is 16.1 Å². The van der Waals surface area contributed by atoms with Gasteiger partial charge in [-0.15, -0.1) is 0 Å². The van der Waals surface area contributed by atoms with Crippen molar-refractivity contribution >= 4 is 17.4 Å². The summed E-state index contributed by atoms with van der Waals surface area (Å²) in [4.78, 5) is 36.0. The number of aliphatic hydroxyl groups excluding tert-OH is 1. The number of ether oxygens (including phenoxy) is 1. The highest BCUT2D eigenvalue weighted by Crippen LogP contribution is 2.40. The average molecular weight is 458 g/mol. The van der Waals surface area contributed by atoms with Gasteiger partial charge in [0.1, 0.15) is 11.5 Å². The lowest BCUT2D eigenvalue weighted by molar-refractivity contribution is -0.140. The Morgan fingerprint density at radius 3 is 2.44 bits per heavy atom. The fourth-order valence-electron chi connectivity index (χ4n) is 3.99. The predicted octanol–water partition coefficient (Wildman–Crippen LogP) is 4.44. The molecule has 1 atom stereocenters. The molecule has 1 aromatic carbocycles. The Morgan fingerprint density at radius 1 is 1.09 bits per heavy atom. The van der Waals surface area contributed by atoms with Gasteiger partial charge < -0.3 is 14.7 Å². The Labute approximate surface area is 198 Å². The second kappa shape index (κ2) is 9.87. The summed E-state index contributed by atoms with van der Waals surface area (Å²) in [6.07, 6.45) is 6.52. The summed E-state index contributed by atoms with van der Waals surface area (Å²) in [5.74, 6) is -0.533. The molecule has 1 saturated heterocycles. The molecule has 1 aliphatic heterocycles. The van der Waals surface area contributed by atoms with Crippen molar-refractivity contribution in [3.63, 3.8) is 0 Å². The standard InChI is InChI=1S/C27H27N3O4/c1-17(2)16-34-22-9-8-20(12-18(22)3)25(31)23-24(21-7-5-11-29-14-21)30(27(33)26(23)32)15-19-6-4-10-28-13-19/h4-14,17,24,31H,15-16H2,1-3H3/b25-23+/t24-/m0/s1. The molecule has 0 bridgehead atoms. The lowest BCUT2D eigenvalue weighted by atomic mass is 9.95. The molecule has 2 aromatic heterocycles. The third kappa shape index (κ3) is 4.69. The molecule has 1 N–H and O–H groups in total. The molecule has 174 valence electrons.